The Hall–Kier alpha value is 0.423. The van der Waals surface area contributed by atoms with Crippen molar-refractivity contribution >= 4 is 0 Å². The monoisotopic (exact) mass is 291 g/mol. The molecule has 0 saturated heterocycles. The van der Waals surface area contributed by atoms with Crippen molar-refractivity contribution in [3.8, 4) is 0 Å². The number of halogens is 2. The summed E-state index contributed by atoms with van der Waals surface area (Å²) in [6.45, 7) is 4.38. The molecule has 3 heteroatoms. The van der Waals surface area contributed by atoms with E-state index in [0.717, 1.165) is 0 Å². The SMILES string of the molecule is CC(C)c1cc[c-]cc1.[Cl-].[Cl-].[Ru+3]. The van der Waals surface area contributed by atoms with Crippen LogP contribution < -0.4 is 24.8 Å². The van der Waals surface area contributed by atoms with Crippen molar-refractivity contribution in [3.63, 3.8) is 0 Å². The molecule has 0 aromatic heterocycles. The summed E-state index contributed by atoms with van der Waals surface area (Å²) in [5.74, 6) is 0.639. The molecule has 1 aromatic rings. The zero-order chi connectivity index (χ0) is 6.69. The first-order chi connectivity index (χ1) is 4.30. The van der Waals surface area contributed by atoms with Gasteiger partial charge in [-0.2, -0.15) is 35.9 Å². The molecule has 0 fully saturated rings. The Morgan fingerprint density at radius 3 is 1.75 bits per heavy atom. The first-order valence-electron chi connectivity index (χ1n) is 3.26. The Morgan fingerprint density at radius 1 is 1.08 bits per heavy atom. The molecule has 0 saturated carbocycles. The fourth-order valence-corrected chi connectivity index (χ4v) is 0.785. The van der Waals surface area contributed by atoms with Gasteiger partial charge in [0.15, 0.2) is 0 Å². The van der Waals surface area contributed by atoms with Crippen molar-refractivity contribution in [1.82, 2.24) is 0 Å². The molecule has 0 amide bonds. The summed E-state index contributed by atoms with van der Waals surface area (Å²) in [6, 6.07) is 11.1. The fraction of sp³-hybridized carbons (Fsp3) is 0.333. The van der Waals surface area contributed by atoms with Crippen molar-refractivity contribution in [1.29, 1.82) is 0 Å². The zero-order valence-corrected chi connectivity index (χ0v) is 10.2. The van der Waals surface area contributed by atoms with E-state index in [2.05, 4.69) is 32.0 Å². The molecule has 69 valence electrons. The van der Waals surface area contributed by atoms with Gasteiger partial charge in [-0.1, -0.05) is 13.8 Å². The van der Waals surface area contributed by atoms with Crippen molar-refractivity contribution in [2.24, 2.45) is 0 Å². The van der Waals surface area contributed by atoms with Crippen LogP contribution in [-0.4, -0.2) is 0 Å². The maximum Gasteiger partial charge on any atom is 3.00 e. The van der Waals surface area contributed by atoms with Gasteiger partial charge in [0.1, 0.15) is 0 Å². The molecule has 0 aliphatic rings. The van der Waals surface area contributed by atoms with Crippen LogP contribution in [0, 0.1) is 6.07 Å². The van der Waals surface area contributed by atoms with Crippen LogP contribution >= 0.6 is 0 Å². The molecule has 0 unspecified atom stereocenters. The standard InChI is InChI=1S/C9H11.2ClH.Ru/c1-8(2)9-6-4-3-5-7-9;;;/h4-8H,1-2H3;2*1H;/q-1;;;+3/p-2. The van der Waals surface area contributed by atoms with Crippen LogP contribution in [0.25, 0.3) is 0 Å². The minimum absolute atomic E-state index is 0. The van der Waals surface area contributed by atoms with Crippen LogP contribution in [-0.2, 0) is 19.5 Å². The average molecular weight is 291 g/mol. The van der Waals surface area contributed by atoms with Crippen LogP contribution in [0.1, 0.15) is 25.3 Å². The van der Waals surface area contributed by atoms with E-state index in [4.69, 9.17) is 0 Å². The zero-order valence-electron chi connectivity index (χ0n) is 7.00. The van der Waals surface area contributed by atoms with E-state index in [1.807, 2.05) is 12.1 Å². The molecule has 0 N–H and O–H groups in total. The topological polar surface area (TPSA) is 0 Å². The van der Waals surface area contributed by atoms with E-state index >= 15 is 0 Å². The van der Waals surface area contributed by atoms with Crippen LogP contribution in [0.4, 0.5) is 0 Å². The summed E-state index contributed by atoms with van der Waals surface area (Å²) in [4.78, 5) is 0. The molecule has 0 aliphatic carbocycles. The van der Waals surface area contributed by atoms with Gasteiger partial charge in [0.2, 0.25) is 0 Å². The third kappa shape index (κ3) is 6.00. The second-order valence-corrected chi connectivity index (χ2v) is 2.49. The predicted molar refractivity (Wildman–Crippen MR) is 39.4 cm³/mol. The quantitative estimate of drug-likeness (QED) is 0.374. The van der Waals surface area contributed by atoms with Gasteiger partial charge >= 0.3 is 19.5 Å². The number of benzene rings is 1. The maximum atomic E-state index is 2.99. The van der Waals surface area contributed by atoms with E-state index in [-0.39, 0.29) is 44.3 Å². The van der Waals surface area contributed by atoms with Crippen molar-refractivity contribution in [3.05, 3.63) is 35.9 Å². The van der Waals surface area contributed by atoms with Gasteiger partial charge in [-0.05, 0) is 5.92 Å². The summed E-state index contributed by atoms with van der Waals surface area (Å²) < 4.78 is 0. The van der Waals surface area contributed by atoms with Crippen LogP contribution in [0.2, 0.25) is 0 Å². The minimum Gasteiger partial charge on any atom is -1.00 e. The van der Waals surface area contributed by atoms with Crippen molar-refractivity contribution in [2.45, 2.75) is 19.8 Å². The van der Waals surface area contributed by atoms with Gasteiger partial charge in [0.25, 0.3) is 0 Å². The molecule has 1 aromatic carbocycles. The van der Waals surface area contributed by atoms with E-state index < -0.39 is 0 Å². The minimum atomic E-state index is 0. The van der Waals surface area contributed by atoms with E-state index in [1.54, 1.807) is 0 Å². The number of hydrogen-bond acceptors (Lipinski definition) is 0. The predicted octanol–water partition coefficient (Wildman–Crippen LogP) is -3.38. The van der Waals surface area contributed by atoms with Crippen LogP contribution in [0.15, 0.2) is 24.3 Å². The second-order valence-electron chi connectivity index (χ2n) is 2.49. The summed E-state index contributed by atoms with van der Waals surface area (Å²) >= 11 is 0. The van der Waals surface area contributed by atoms with E-state index in [9.17, 15) is 0 Å². The second kappa shape index (κ2) is 9.51. The van der Waals surface area contributed by atoms with E-state index in [1.165, 1.54) is 5.56 Å². The Kier molecular flexibility index (Phi) is 14.5. The molecular formula is C9H11Cl2Ru. The third-order valence-electron chi connectivity index (χ3n) is 1.41. The first kappa shape index (κ1) is 18.3. The largest absolute Gasteiger partial charge is 3.00 e. The van der Waals surface area contributed by atoms with Gasteiger partial charge in [0, 0.05) is 0 Å². The number of rotatable bonds is 1. The molecule has 0 atom stereocenters. The van der Waals surface area contributed by atoms with Gasteiger partial charge in [-0.3, -0.25) is 0 Å². The molecule has 0 spiro atoms. The summed E-state index contributed by atoms with van der Waals surface area (Å²) in [5, 5.41) is 0. The molecule has 0 bridgehead atoms. The average Bonchev–Trinajstić information content (AvgIpc) is 1.90. The van der Waals surface area contributed by atoms with Gasteiger partial charge in [-0.25, -0.2) is 0 Å². The summed E-state index contributed by atoms with van der Waals surface area (Å²) in [6.07, 6.45) is 0. The van der Waals surface area contributed by atoms with Gasteiger partial charge < -0.3 is 24.8 Å². The normalized spacial score (nSPS) is 7.58. The molecular weight excluding hydrogens is 280 g/mol. The molecule has 12 heavy (non-hydrogen) atoms. The Labute approximate surface area is 99.7 Å². The van der Waals surface area contributed by atoms with Gasteiger partial charge in [0.05, 0.1) is 0 Å². The first-order valence-corrected chi connectivity index (χ1v) is 3.26. The molecule has 0 aliphatic heterocycles. The summed E-state index contributed by atoms with van der Waals surface area (Å²) in [5.41, 5.74) is 1.38. The molecule has 0 heterocycles. The maximum absolute atomic E-state index is 2.99. The third-order valence-corrected chi connectivity index (χ3v) is 1.41. The van der Waals surface area contributed by atoms with Crippen molar-refractivity contribution < 1.29 is 44.3 Å². The Balaban J connectivity index is -0.000000270. The van der Waals surface area contributed by atoms with Crippen LogP contribution in [0.5, 0.6) is 0 Å². The Bertz CT molecular complexity index is 175. The summed E-state index contributed by atoms with van der Waals surface area (Å²) in [7, 11) is 0. The fourth-order valence-electron chi connectivity index (χ4n) is 0.785. The van der Waals surface area contributed by atoms with Crippen LogP contribution in [0.3, 0.4) is 0 Å². The smallest absolute Gasteiger partial charge is 1.00 e. The Morgan fingerprint density at radius 2 is 1.50 bits per heavy atom. The van der Waals surface area contributed by atoms with E-state index in [0.29, 0.717) is 5.92 Å². The molecule has 1 rings (SSSR count). The number of hydrogen-bond donors (Lipinski definition) is 0. The molecule has 0 nitrogen and oxygen atoms in total. The molecule has 1 radical (unpaired) electrons. The van der Waals surface area contributed by atoms with Gasteiger partial charge in [-0.15, -0.1) is 0 Å². The van der Waals surface area contributed by atoms with Crippen molar-refractivity contribution in [2.75, 3.05) is 0 Å².